The highest BCUT2D eigenvalue weighted by atomic mass is 32.2. The van der Waals surface area contributed by atoms with E-state index in [4.69, 9.17) is 9.72 Å². The SMILES string of the molecule is CCCc1nn(C)c2c(=O)[nH]c(-c3cc(OCC)ccc3S(=O)(=O)N3CCN(C)CC3)nc12. The van der Waals surface area contributed by atoms with E-state index in [0.29, 0.717) is 67.2 Å². The Morgan fingerprint density at radius 2 is 1.85 bits per heavy atom. The Labute approximate surface area is 193 Å². The molecule has 3 aromatic rings. The third-order valence-corrected chi connectivity index (χ3v) is 7.80. The fraction of sp³-hybridized carbons (Fsp3) is 0.500. The summed E-state index contributed by atoms with van der Waals surface area (Å²) in [4.78, 5) is 22.6. The number of aryl methyl sites for hydroxylation is 2. The highest BCUT2D eigenvalue weighted by molar-refractivity contribution is 7.89. The zero-order valence-electron chi connectivity index (χ0n) is 19.5. The first-order valence-electron chi connectivity index (χ1n) is 11.2. The van der Waals surface area contributed by atoms with Crippen LogP contribution < -0.4 is 10.3 Å². The Hall–Kier alpha value is -2.76. The predicted molar refractivity (Wildman–Crippen MR) is 126 cm³/mol. The summed E-state index contributed by atoms with van der Waals surface area (Å²) in [6, 6.07) is 4.81. The maximum absolute atomic E-state index is 13.6. The molecule has 10 nitrogen and oxygen atoms in total. The largest absolute Gasteiger partial charge is 0.494 e. The molecule has 3 heterocycles. The molecule has 1 N–H and O–H groups in total. The van der Waals surface area contributed by atoms with Gasteiger partial charge in [-0.15, -0.1) is 0 Å². The van der Waals surface area contributed by atoms with E-state index < -0.39 is 10.0 Å². The minimum atomic E-state index is -3.81. The molecule has 0 radical (unpaired) electrons. The number of likely N-dealkylation sites (N-methyl/N-ethyl adjacent to an activating group) is 1. The van der Waals surface area contributed by atoms with Crippen molar-refractivity contribution >= 4 is 21.1 Å². The maximum Gasteiger partial charge on any atom is 0.277 e. The van der Waals surface area contributed by atoms with Crippen molar-refractivity contribution in [3.8, 4) is 17.1 Å². The molecule has 0 spiro atoms. The van der Waals surface area contributed by atoms with Crippen LogP contribution in [0.2, 0.25) is 0 Å². The average molecular weight is 475 g/mol. The van der Waals surface area contributed by atoms with Gasteiger partial charge in [0.05, 0.1) is 17.2 Å². The van der Waals surface area contributed by atoms with Crippen LogP contribution in [-0.4, -0.2) is 77.2 Å². The van der Waals surface area contributed by atoms with E-state index in [-0.39, 0.29) is 16.3 Å². The molecule has 0 atom stereocenters. The summed E-state index contributed by atoms with van der Waals surface area (Å²) in [5.74, 6) is 0.694. The molecule has 1 aliphatic heterocycles. The third kappa shape index (κ3) is 4.40. The third-order valence-electron chi connectivity index (χ3n) is 5.85. The van der Waals surface area contributed by atoms with Gasteiger partial charge in [-0.2, -0.15) is 9.40 Å². The van der Waals surface area contributed by atoms with Crippen LogP contribution in [0.25, 0.3) is 22.4 Å². The number of nitrogens with zero attached hydrogens (tertiary/aromatic N) is 5. The van der Waals surface area contributed by atoms with Crippen LogP contribution in [-0.2, 0) is 23.5 Å². The number of hydrogen-bond donors (Lipinski definition) is 1. The molecule has 2 aromatic heterocycles. The minimum Gasteiger partial charge on any atom is -0.494 e. The van der Waals surface area contributed by atoms with Crippen LogP contribution in [0.1, 0.15) is 26.0 Å². The first-order valence-corrected chi connectivity index (χ1v) is 12.6. The summed E-state index contributed by atoms with van der Waals surface area (Å²) < 4.78 is 35.9. The zero-order chi connectivity index (χ0) is 23.8. The van der Waals surface area contributed by atoms with E-state index in [2.05, 4.69) is 15.0 Å². The molecule has 1 aliphatic rings. The lowest BCUT2D eigenvalue weighted by Gasteiger charge is -2.32. The van der Waals surface area contributed by atoms with Gasteiger partial charge in [-0.3, -0.25) is 9.48 Å². The van der Waals surface area contributed by atoms with Crippen molar-refractivity contribution in [3.05, 3.63) is 34.2 Å². The van der Waals surface area contributed by atoms with Crippen molar-refractivity contribution in [2.45, 2.75) is 31.6 Å². The summed E-state index contributed by atoms with van der Waals surface area (Å²) in [5, 5.41) is 4.45. The number of hydrogen-bond acceptors (Lipinski definition) is 7. The van der Waals surface area contributed by atoms with Crippen LogP contribution in [0.4, 0.5) is 0 Å². The quantitative estimate of drug-likeness (QED) is 0.553. The van der Waals surface area contributed by atoms with E-state index >= 15 is 0 Å². The van der Waals surface area contributed by atoms with E-state index in [1.807, 2.05) is 20.9 Å². The summed E-state index contributed by atoms with van der Waals surface area (Å²) in [6.07, 6.45) is 1.51. The molecule has 11 heteroatoms. The fourth-order valence-corrected chi connectivity index (χ4v) is 5.72. The molecular weight excluding hydrogens is 444 g/mol. The molecule has 33 heavy (non-hydrogen) atoms. The van der Waals surface area contributed by atoms with E-state index in [9.17, 15) is 13.2 Å². The van der Waals surface area contributed by atoms with Crippen molar-refractivity contribution in [3.63, 3.8) is 0 Å². The zero-order valence-corrected chi connectivity index (χ0v) is 20.3. The molecule has 1 saturated heterocycles. The lowest BCUT2D eigenvalue weighted by molar-refractivity contribution is 0.222. The Bertz CT molecular complexity index is 1320. The number of aromatic amines is 1. The van der Waals surface area contributed by atoms with Gasteiger partial charge >= 0.3 is 0 Å². The van der Waals surface area contributed by atoms with Gasteiger partial charge in [0.25, 0.3) is 5.56 Å². The Balaban J connectivity index is 1.91. The second-order valence-corrected chi connectivity index (χ2v) is 10.1. The number of fused-ring (bicyclic) bond motifs is 1. The standard InChI is InChI=1S/C22H30N6O4S/c1-5-7-17-19-20(27(4)25-17)22(29)24-21(23-19)16-14-15(32-6-2)8-9-18(16)33(30,31)28-12-10-26(3)11-13-28/h8-9,14H,5-7,10-13H2,1-4H3,(H,23,24,29). The van der Waals surface area contributed by atoms with Crippen molar-refractivity contribution in [1.29, 1.82) is 0 Å². The predicted octanol–water partition coefficient (Wildman–Crippen LogP) is 1.61. The van der Waals surface area contributed by atoms with Crippen molar-refractivity contribution < 1.29 is 13.2 Å². The number of benzene rings is 1. The van der Waals surface area contributed by atoms with Gasteiger partial charge in [0.15, 0.2) is 5.52 Å². The first kappa shape index (κ1) is 23.4. The minimum absolute atomic E-state index is 0.0962. The molecule has 0 amide bonds. The summed E-state index contributed by atoms with van der Waals surface area (Å²) in [6.45, 7) is 6.42. The summed E-state index contributed by atoms with van der Waals surface area (Å²) >= 11 is 0. The van der Waals surface area contributed by atoms with Gasteiger partial charge in [-0.05, 0) is 38.6 Å². The normalized spacial score (nSPS) is 15.9. The van der Waals surface area contributed by atoms with Gasteiger partial charge in [0.1, 0.15) is 17.1 Å². The van der Waals surface area contributed by atoms with E-state index in [0.717, 1.165) is 6.42 Å². The summed E-state index contributed by atoms with van der Waals surface area (Å²) in [7, 11) is -0.133. The van der Waals surface area contributed by atoms with E-state index in [1.54, 1.807) is 19.2 Å². The molecule has 1 fully saturated rings. The van der Waals surface area contributed by atoms with Crippen LogP contribution in [0.3, 0.4) is 0 Å². The van der Waals surface area contributed by atoms with Crippen molar-refractivity contribution in [2.24, 2.45) is 7.05 Å². The van der Waals surface area contributed by atoms with Crippen LogP contribution in [0.15, 0.2) is 27.9 Å². The maximum atomic E-state index is 13.6. The molecule has 0 bridgehead atoms. The topological polar surface area (TPSA) is 113 Å². The average Bonchev–Trinajstić information content (AvgIpc) is 3.10. The number of aromatic nitrogens is 4. The van der Waals surface area contributed by atoms with Crippen LogP contribution >= 0.6 is 0 Å². The van der Waals surface area contributed by atoms with Gasteiger partial charge in [-0.1, -0.05) is 13.3 Å². The second-order valence-electron chi connectivity index (χ2n) is 8.23. The van der Waals surface area contributed by atoms with Gasteiger partial charge in [-0.25, -0.2) is 13.4 Å². The molecule has 4 rings (SSSR count). The van der Waals surface area contributed by atoms with Gasteiger partial charge < -0.3 is 14.6 Å². The Morgan fingerprint density at radius 1 is 1.12 bits per heavy atom. The molecular formula is C22H30N6O4S. The lowest BCUT2D eigenvalue weighted by atomic mass is 10.2. The highest BCUT2D eigenvalue weighted by Gasteiger charge is 2.31. The molecule has 0 aliphatic carbocycles. The van der Waals surface area contributed by atoms with Gasteiger partial charge in [0, 0.05) is 38.8 Å². The number of ether oxygens (including phenoxy) is 1. The molecule has 178 valence electrons. The number of sulfonamides is 1. The fourth-order valence-electron chi connectivity index (χ4n) is 4.12. The summed E-state index contributed by atoms with van der Waals surface area (Å²) in [5.41, 5.74) is 1.52. The smallest absolute Gasteiger partial charge is 0.277 e. The molecule has 0 unspecified atom stereocenters. The Kier molecular flexibility index (Phi) is 6.55. The lowest BCUT2D eigenvalue weighted by Crippen LogP contribution is -2.47. The number of piperazine rings is 1. The van der Waals surface area contributed by atoms with Crippen molar-refractivity contribution in [2.75, 3.05) is 39.8 Å². The van der Waals surface area contributed by atoms with Crippen molar-refractivity contribution in [1.82, 2.24) is 29.0 Å². The number of H-pyrrole nitrogens is 1. The first-order chi connectivity index (χ1) is 15.8. The monoisotopic (exact) mass is 474 g/mol. The molecule has 1 aromatic carbocycles. The van der Waals surface area contributed by atoms with Crippen LogP contribution in [0, 0.1) is 0 Å². The second kappa shape index (κ2) is 9.24. The highest BCUT2D eigenvalue weighted by Crippen LogP contribution is 2.32. The van der Waals surface area contributed by atoms with Gasteiger partial charge in [0.2, 0.25) is 10.0 Å². The van der Waals surface area contributed by atoms with Crippen LogP contribution in [0.5, 0.6) is 5.75 Å². The number of rotatable bonds is 7. The number of nitrogens with one attached hydrogen (secondary N) is 1. The Morgan fingerprint density at radius 3 is 2.52 bits per heavy atom. The molecule has 0 saturated carbocycles. The van der Waals surface area contributed by atoms with E-state index in [1.165, 1.54) is 15.1 Å².